The highest BCUT2D eigenvalue weighted by atomic mass is 16.5. The summed E-state index contributed by atoms with van der Waals surface area (Å²) < 4.78 is 11.2. The largest absolute Gasteiger partial charge is 0.497 e. The Kier molecular flexibility index (Phi) is 6.57. The van der Waals surface area contributed by atoms with E-state index in [0.29, 0.717) is 18.6 Å². The molecule has 0 unspecified atom stereocenters. The van der Waals surface area contributed by atoms with Gasteiger partial charge >= 0.3 is 0 Å². The van der Waals surface area contributed by atoms with Gasteiger partial charge in [0.05, 0.1) is 7.11 Å². The summed E-state index contributed by atoms with van der Waals surface area (Å²) in [4.78, 5) is 5.04. The van der Waals surface area contributed by atoms with Gasteiger partial charge in [-0.25, -0.2) is 0 Å². The number of hydrogen-bond donors (Lipinski definition) is 1. The van der Waals surface area contributed by atoms with Crippen molar-refractivity contribution < 1.29 is 14.6 Å². The first-order valence-electron chi connectivity index (χ1n) is 9.66. The number of piperazine rings is 1. The third-order valence-corrected chi connectivity index (χ3v) is 5.17. The summed E-state index contributed by atoms with van der Waals surface area (Å²) in [5.41, 5.74) is 2.39. The van der Waals surface area contributed by atoms with Crippen LogP contribution in [0.15, 0.2) is 23.8 Å². The van der Waals surface area contributed by atoms with E-state index in [4.69, 9.17) is 9.47 Å². The lowest BCUT2D eigenvalue weighted by Gasteiger charge is -2.42. The number of ether oxygens (including phenoxy) is 2. The molecule has 0 aromatic heterocycles. The molecule has 2 heterocycles. The van der Waals surface area contributed by atoms with Crippen LogP contribution in [0.5, 0.6) is 11.5 Å². The maximum absolute atomic E-state index is 9.45. The van der Waals surface area contributed by atoms with Crippen molar-refractivity contribution >= 4 is 6.08 Å². The van der Waals surface area contributed by atoms with Crippen molar-refractivity contribution in [3.8, 4) is 11.5 Å². The van der Waals surface area contributed by atoms with Crippen LogP contribution in [-0.2, 0) is 0 Å². The monoisotopic (exact) mass is 360 g/mol. The predicted octanol–water partition coefficient (Wildman–Crippen LogP) is 2.50. The molecule has 0 aliphatic carbocycles. The first-order valence-corrected chi connectivity index (χ1v) is 9.66. The maximum atomic E-state index is 9.45. The van der Waals surface area contributed by atoms with Crippen LogP contribution in [0.4, 0.5) is 0 Å². The van der Waals surface area contributed by atoms with Gasteiger partial charge in [0.1, 0.15) is 18.1 Å². The fourth-order valence-corrected chi connectivity index (χ4v) is 3.94. The molecule has 1 saturated heterocycles. The van der Waals surface area contributed by atoms with Gasteiger partial charge in [0.2, 0.25) is 0 Å². The van der Waals surface area contributed by atoms with E-state index in [2.05, 4.69) is 29.7 Å². The zero-order chi connectivity index (χ0) is 18.5. The molecule has 1 aromatic rings. The molecule has 0 bridgehead atoms. The maximum Gasteiger partial charge on any atom is 0.127 e. The number of rotatable bonds is 7. The Balaban J connectivity index is 1.64. The predicted molar refractivity (Wildman–Crippen MR) is 105 cm³/mol. The molecule has 0 radical (unpaired) electrons. The summed E-state index contributed by atoms with van der Waals surface area (Å²) in [6.45, 7) is 10.6. The summed E-state index contributed by atoms with van der Waals surface area (Å²) in [7, 11) is 1.69. The van der Waals surface area contributed by atoms with Gasteiger partial charge in [0.25, 0.3) is 0 Å². The minimum absolute atomic E-state index is 0.256. The van der Waals surface area contributed by atoms with Crippen LogP contribution in [0.25, 0.3) is 6.08 Å². The summed E-state index contributed by atoms with van der Waals surface area (Å²) in [5.74, 6) is 2.44. The van der Waals surface area contributed by atoms with Crippen LogP contribution in [-0.4, -0.2) is 74.0 Å². The molecule has 1 N–H and O–H groups in total. The molecule has 3 rings (SSSR count). The van der Waals surface area contributed by atoms with Crippen molar-refractivity contribution in [3.63, 3.8) is 0 Å². The zero-order valence-electron chi connectivity index (χ0n) is 16.3. The van der Waals surface area contributed by atoms with E-state index in [-0.39, 0.29) is 6.61 Å². The van der Waals surface area contributed by atoms with Gasteiger partial charge in [0, 0.05) is 50.9 Å². The van der Waals surface area contributed by atoms with Crippen molar-refractivity contribution in [2.75, 3.05) is 53.0 Å². The van der Waals surface area contributed by atoms with Crippen LogP contribution >= 0.6 is 0 Å². The minimum atomic E-state index is 0.256. The van der Waals surface area contributed by atoms with Crippen molar-refractivity contribution in [1.82, 2.24) is 9.80 Å². The average Bonchev–Trinajstić information content (AvgIpc) is 2.63. The first-order chi connectivity index (χ1) is 12.6. The fourth-order valence-electron chi connectivity index (χ4n) is 3.94. The molecule has 0 saturated carbocycles. The third kappa shape index (κ3) is 4.78. The van der Waals surface area contributed by atoms with Gasteiger partial charge in [-0.05, 0) is 42.2 Å². The Bertz CT molecular complexity index is 630. The second-order valence-corrected chi connectivity index (χ2v) is 7.79. The van der Waals surface area contributed by atoms with E-state index in [1.165, 1.54) is 5.57 Å². The average molecular weight is 360 g/mol. The van der Waals surface area contributed by atoms with E-state index in [9.17, 15) is 5.11 Å². The van der Waals surface area contributed by atoms with Crippen LogP contribution in [0.3, 0.4) is 0 Å². The van der Waals surface area contributed by atoms with Gasteiger partial charge in [-0.15, -0.1) is 0 Å². The lowest BCUT2D eigenvalue weighted by molar-refractivity contribution is 0.0548. The highest BCUT2D eigenvalue weighted by Crippen LogP contribution is 2.30. The van der Waals surface area contributed by atoms with Crippen LogP contribution in [0.1, 0.15) is 25.8 Å². The zero-order valence-corrected chi connectivity index (χ0v) is 16.3. The fraction of sp³-hybridized carbons (Fsp3) is 0.619. The molecule has 1 aromatic carbocycles. The number of nitrogens with zero attached hydrogens (tertiary/aromatic N) is 2. The number of aliphatic hydroxyl groups excluding tert-OH is 1. The molecule has 0 spiro atoms. The SMILES string of the molecule is COc1ccc2c(c1)C=C(CN1CCN(CC(C)C)[C@H](CCO)C1)CO2. The number of methoxy groups -OCH3 is 1. The molecule has 144 valence electrons. The highest BCUT2D eigenvalue weighted by Gasteiger charge is 2.27. The van der Waals surface area contributed by atoms with Crippen LogP contribution in [0, 0.1) is 5.92 Å². The van der Waals surface area contributed by atoms with Gasteiger partial charge in [-0.2, -0.15) is 0 Å². The Morgan fingerprint density at radius 3 is 2.88 bits per heavy atom. The van der Waals surface area contributed by atoms with Gasteiger partial charge in [-0.1, -0.05) is 13.8 Å². The third-order valence-electron chi connectivity index (χ3n) is 5.17. The Labute approximate surface area is 157 Å². The quantitative estimate of drug-likeness (QED) is 0.809. The molecule has 26 heavy (non-hydrogen) atoms. The molecule has 5 heteroatoms. The summed E-state index contributed by atoms with van der Waals surface area (Å²) in [6.07, 6.45) is 3.09. The van der Waals surface area contributed by atoms with Crippen molar-refractivity contribution in [3.05, 3.63) is 29.3 Å². The van der Waals surface area contributed by atoms with Crippen molar-refractivity contribution in [2.45, 2.75) is 26.3 Å². The van der Waals surface area contributed by atoms with E-state index in [1.807, 2.05) is 18.2 Å². The van der Waals surface area contributed by atoms with E-state index in [1.54, 1.807) is 7.11 Å². The number of aliphatic hydroxyl groups is 1. The molecular formula is C21H32N2O3. The molecule has 0 amide bonds. The Morgan fingerprint density at radius 1 is 1.31 bits per heavy atom. The molecular weight excluding hydrogens is 328 g/mol. The van der Waals surface area contributed by atoms with E-state index in [0.717, 1.165) is 56.2 Å². The van der Waals surface area contributed by atoms with Gasteiger partial charge < -0.3 is 14.6 Å². The second kappa shape index (κ2) is 8.89. The molecule has 5 nitrogen and oxygen atoms in total. The van der Waals surface area contributed by atoms with Crippen molar-refractivity contribution in [1.29, 1.82) is 0 Å². The lowest BCUT2D eigenvalue weighted by atomic mass is 10.0. The Hall–Kier alpha value is -1.56. The van der Waals surface area contributed by atoms with Gasteiger partial charge in [-0.3, -0.25) is 9.80 Å². The van der Waals surface area contributed by atoms with E-state index >= 15 is 0 Å². The topological polar surface area (TPSA) is 45.2 Å². The number of fused-ring (bicyclic) bond motifs is 1. The molecule has 2 aliphatic rings. The summed E-state index contributed by atoms with van der Waals surface area (Å²) in [5, 5.41) is 9.45. The molecule has 1 atom stereocenters. The summed E-state index contributed by atoms with van der Waals surface area (Å²) >= 11 is 0. The second-order valence-electron chi connectivity index (χ2n) is 7.79. The smallest absolute Gasteiger partial charge is 0.127 e. The Morgan fingerprint density at radius 2 is 2.15 bits per heavy atom. The van der Waals surface area contributed by atoms with Gasteiger partial charge in [0.15, 0.2) is 0 Å². The molecule has 1 fully saturated rings. The minimum Gasteiger partial charge on any atom is -0.497 e. The van der Waals surface area contributed by atoms with Crippen molar-refractivity contribution in [2.24, 2.45) is 5.92 Å². The standard InChI is InChI=1S/C21H32N2O3/c1-16(2)12-23-8-7-22(14-19(23)6-9-24)13-17-10-18-11-20(25-3)4-5-21(18)26-15-17/h4-5,10-11,16,19,24H,6-9,12-15H2,1-3H3/t19-/m1/s1. The van der Waals surface area contributed by atoms with Crippen LogP contribution < -0.4 is 9.47 Å². The van der Waals surface area contributed by atoms with Crippen LogP contribution in [0.2, 0.25) is 0 Å². The number of benzene rings is 1. The highest BCUT2D eigenvalue weighted by molar-refractivity contribution is 5.64. The summed E-state index contributed by atoms with van der Waals surface area (Å²) in [6, 6.07) is 6.38. The van der Waals surface area contributed by atoms with E-state index < -0.39 is 0 Å². The number of hydrogen-bond acceptors (Lipinski definition) is 5. The normalized spacial score (nSPS) is 21.3. The first kappa shape index (κ1) is 19.2. The lowest BCUT2D eigenvalue weighted by Crippen LogP contribution is -2.54. The molecule has 2 aliphatic heterocycles.